The van der Waals surface area contributed by atoms with Gasteiger partial charge in [0.05, 0.1) is 19.3 Å². The first kappa shape index (κ1) is 13.2. The van der Waals surface area contributed by atoms with Crippen LogP contribution in [0, 0.1) is 0 Å². The fourth-order valence-electron chi connectivity index (χ4n) is 0.723. The summed E-state index contributed by atoms with van der Waals surface area (Å²) in [5.41, 5.74) is 0. The van der Waals surface area contributed by atoms with E-state index in [1.54, 1.807) is 0 Å². The fraction of sp³-hybridized carbons (Fsp3) is 0.857. The monoisotopic (exact) mass is 213 g/mol. The van der Waals surface area contributed by atoms with E-state index in [2.05, 4.69) is 10.1 Å². The molecule has 0 bridgehead atoms. The summed E-state index contributed by atoms with van der Waals surface area (Å²) in [7, 11) is 1.36. The Kier molecular flexibility index (Phi) is 5.51. The summed E-state index contributed by atoms with van der Waals surface area (Å²) in [6.45, 7) is -1.15. The van der Waals surface area contributed by atoms with Gasteiger partial charge in [0.25, 0.3) is 0 Å². The van der Waals surface area contributed by atoms with E-state index >= 15 is 0 Å². The number of carboxylic acid groups (broad SMARTS) is 1. The highest BCUT2D eigenvalue weighted by molar-refractivity contribution is 5.75. The second kappa shape index (κ2) is 5.84. The fourth-order valence-corrected chi connectivity index (χ4v) is 0.723. The molecule has 7 heteroatoms. The molecule has 14 heavy (non-hydrogen) atoms. The molecule has 0 saturated heterocycles. The average molecular weight is 213 g/mol. The number of rotatable bonds is 7. The Bertz CT molecular complexity index is 189. The number of halogens is 2. The molecule has 1 atom stereocenters. The molecule has 0 aliphatic rings. The van der Waals surface area contributed by atoms with Crippen molar-refractivity contribution in [2.24, 2.45) is 0 Å². The van der Waals surface area contributed by atoms with E-state index in [4.69, 9.17) is 10.2 Å². The maximum absolute atomic E-state index is 12.4. The highest BCUT2D eigenvalue weighted by Gasteiger charge is 2.38. The molecule has 0 aromatic rings. The number of aliphatic hydroxyl groups excluding tert-OH is 1. The third kappa shape index (κ3) is 5.05. The van der Waals surface area contributed by atoms with Gasteiger partial charge in [0.1, 0.15) is 0 Å². The number of hydrogen-bond acceptors (Lipinski definition) is 4. The van der Waals surface area contributed by atoms with Gasteiger partial charge >= 0.3 is 11.9 Å². The van der Waals surface area contributed by atoms with Crippen molar-refractivity contribution in [2.45, 2.75) is 12.0 Å². The Balaban J connectivity index is 3.68. The first-order valence-electron chi connectivity index (χ1n) is 3.89. The standard InChI is InChI=1S/C7H13F2NO4/c1-14-3-5(11)2-10-4-7(8,9)6(12)13/h5,10-11H,2-4H2,1H3,(H,12,13). The normalized spacial score (nSPS) is 14.0. The van der Waals surface area contributed by atoms with E-state index in [1.165, 1.54) is 7.11 Å². The largest absolute Gasteiger partial charge is 0.477 e. The third-order valence-electron chi connectivity index (χ3n) is 1.40. The predicted molar refractivity (Wildman–Crippen MR) is 43.3 cm³/mol. The van der Waals surface area contributed by atoms with Gasteiger partial charge in [-0.1, -0.05) is 0 Å². The van der Waals surface area contributed by atoms with E-state index < -0.39 is 24.5 Å². The van der Waals surface area contributed by atoms with Gasteiger partial charge in [0, 0.05) is 13.7 Å². The quantitative estimate of drug-likeness (QED) is 0.521. The number of aliphatic carboxylic acids is 1. The van der Waals surface area contributed by atoms with Crippen molar-refractivity contribution in [2.75, 3.05) is 26.8 Å². The Morgan fingerprint density at radius 1 is 1.64 bits per heavy atom. The molecule has 3 N–H and O–H groups in total. The maximum Gasteiger partial charge on any atom is 0.375 e. The van der Waals surface area contributed by atoms with Crippen LogP contribution in [0.5, 0.6) is 0 Å². The highest BCUT2D eigenvalue weighted by atomic mass is 19.3. The molecule has 0 rings (SSSR count). The van der Waals surface area contributed by atoms with Crippen LogP contribution in [0.1, 0.15) is 0 Å². The lowest BCUT2D eigenvalue weighted by Crippen LogP contribution is -2.42. The van der Waals surface area contributed by atoms with Crippen molar-refractivity contribution < 1.29 is 28.5 Å². The zero-order valence-corrected chi connectivity index (χ0v) is 7.67. The topological polar surface area (TPSA) is 78.8 Å². The zero-order chi connectivity index (χ0) is 11.2. The molecule has 0 aromatic carbocycles. The highest BCUT2D eigenvalue weighted by Crippen LogP contribution is 2.11. The number of aliphatic hydroxyl groups is 1. The van der Waals surface area contributed by atoms with Crippen molar-refractivity contribution in [3.8, 4) is 0 Å². The van der Waals surface area contributed by atoms with Crippen LogP contribution in [0.15, 0.2) is 0 Å². The van der Waals surface area contributed by atoms with Crippen molar-refractivity contribution in [3.63, 3.8) is 0 Å². The van der Waals surface area contributed by atoms with Crippen LogP contribution in [0.25, 0.3) is 0 Å². The lowest BCUT2D eigenvalue weighted by atomic mass is 10.3. The zero-order valence-electron chi connectivity index (χ0n) is 7.67. The van der Waals surface area contributed by atoms with Crippen molar-refractivity contribution in [3.05, 3.63) is 0 Å². The number of alkyl halides is 2. The first-order chi connectivity index (χ1) is 6.40. The van der Waals surface area contributed by atoms with Gasteiger partial charge in [-0.2, -0.15) is 8.78 Å². The second-order valence-electron chi connectivity index (χ2n) is 2.75. The van der Waals surface area contributed by atoms with E-state index in [-0.39, 0.29) is 13.2 Å². The summed E-state index contributed by atoms with van der Waals surface area (Å²) in [5.74, 6) is -6.00. The average Bonchev–Trinajstić information content (AvgIpc) is 2.04. The lowest BCUT2D eigenvalue weighted by molar-refractivity contribution is -0.164. The molecule has 0 aliphatic heterocycles. The van der Waals surface area contributed by atoms with Crippen molar-refractivity contribution in [1.82, 2.24) is 5.32 Å². The van der Waals surface area contributed by atoms with Crippen LogP contribution < -0.4 is 5.32 Å². The molecular weight excluding hydrogens is 200 g/mol. The minimum atomic E-state index is -3.81. The number of carboxylic acids is 1. The molecule has 0 fully saturated rings. The first-order valence-corrected chi connectivity index (χ1v) is 3.89. The molecular formula is C7H13F2NO4. The van der Waals surface area contributed by atoms with Gasteiger partial charge in [-0.15, -0.1) is 0 Å². The molecule has 0 spiro atoms. The summed E-state index contributed by atoms with van der Waals surface area (Å²) < 4.78 is 29.4. The number of hydrogen-bond donors (Lipinski definition) is 3. The Labute approximate surface area is 79.7 Å². The van der Waals surface area contributed by atoms with Crippen LogP contribution in [0.2, 0.25) is 0 Å². The molecule has 5 nitrogen and oxygen atoms in total. The van der Waals surface area contributed by atoms with Gasteiger partial charge in [-0.25, -0.2) is 4.79 Å². The van der Waals surface area contributed by atoms with Gasteiger partial charge in [-0.3, -0.25) is 0 Å². The second-order valence-corrected chi connectivity index (χ2v) is 2.75. The minimum absolute atomic E-state index is 0.00560. The Morgan fingerprint density at radius 2 is 2.21 bits per heavy atom. The number of methoxy groups -OCH3 is 1. The van der Waals surface area contributed by atoms with Crippen LogP contribution >= 0.6 is 0 Å². The van der Waals surface area contributed by atoms with Gasteiger partial charge in [0.15, 0.2) is 0 Å². The Hall–Kier alpha value is -0.790. The van der Waals surface area contributed by atoms with Gasteiger partial charge in [-0.05, 0) is 0 Å². The summed E-state index contributed by atoms with van der Waals surface area (Å²) >= 11 is 0. The minimum Gasteiger partial charge on any atom is -0.477 e. The van der Waals surface area contributed by atoms with Gasteiger partial charge < -0.3 is 20.3 Å². The molecule has 1 unspecified atom stereocenters. The van der Waals surface area contributed by atoms with Crippen LogP contribution in [0.3, 0.4) is 0 Å². The van der Waals surface area contributed by atoms with E-state index in [1.807, 2.05) is 0 Å². The summed E-state index contributed by atoms with van der Waals surface area (Å²) in [5, 5.41) is 19.2. The molecule has 0 amide bonds. The van der Waals surface area contributed by atoms with Crippen molar-refractivity contribution in [1.29, 1.82) is 0 Å². The van der Waals surface area contributed by atoms with Crippen LogP contribution in [-0.4, -0.2) is 55.0 Å². The van der Waals surface area contributed by atoms with E-state index in [0.717, 1.165) is 0 Å². The van der Waals surface area contributed by atoms with Crippen LogP contribution in [-0.2, 0) is 9.53 Å². The molecule has 0 radical (unpaired) electrons. The number of nitrogens with one attached hydrogen (secondary N) is 1. The van der Waals surface area contributed by atoms with Crippen LogP contribution in [0.4, 0.5) is 8.78 Å². The number of carbonyl (C=O) groups is 1. The summed E-state index contributed by atoms with van der Waals surface area (Å²) in [4.78, 5) is 9.95. The molecule has 0 saturated carbocycles. The summed E-state index contributed by atoms with van der Waals surface area (Å²) in [6, 6.07) is 0. The SMILES string of the molecule is COCC(O)CNCC(F)(F)C(=O)O. The molecule has 0 aromatic heterocycles. The van der Waals surface area contributed by atoms with Crippen molar-refractivity contribution >= 4 is 5.97 Å². The maximum atomic E-state index is 12.4. The van der Waals surface area contributed by atoms with E-state index in [0.29, 0.717) is 0 Å². The molecule has 0 heterocycles. The third-order valence-corrected chi connectivity index (χ3v) is 1.40. The summed E-state index contributed by atoms with van der Waals surface area (Å²) in [6.07, 6.45) is -0.926. The predicted octanol–water partition coefficient (Wildman–Crippen LogP) is -0.697. The van der Waals surface area contributed by atoms with E-state index in [9.17, 15) is 13.6 Å². The van der Waals surface area contributed by atoms with Gasteiger partial charge in [0.2, 0.25) is 0 Å². The molecule has 0 aliphatic carbocycles. The smallest absolute Gasteiger partial charge is 0.375 e. The number of ether oxygens (including phenoxy) is 1. The lowest BCUT2D eigenvalue weighted by Gasteiger charge is -2.14. The molecule has 84 valence electrons. The Morgan fingerprint density at radius 3 is 2.64 bits per heavy atom.